The first-order valence-corrected chi connectivity index (χ1v) is 15.3. The van der Waals surface area contributed by atoms with Crippen molar-refractivity contribution in [1.82, 2.24) is 0 Å². The van der Waals surface area contributed by atoms with Gasteiger partial charge >= 0.3 is 11.9 Å². The van der Waals surface area contributed by atoms with Crippen LogP contribution in [0.25, 0.3) is 0 Å². The molecule has 0 aromatic heterocycles. The molecule has 0 aromatic carbocycles. The van der Waals surface area contributed by atoms with Crippen molar-refractivity contribution >= 4 is 11.9 Å². The Labute approximate surface area is 223 Å². The SMILES string of the molecule is CCCCC/C=C\C/C=C\CCCCCCCC(=O)OC(CCCCCC)CCCCCCC(=O)O. The van der Waals surface area contributed by atoms with Crippen molar-refractivity contribution < 1.29 is 19.4 Å². The minimum absolute atomic E-state index is 0.0341. The van der Waals surface area contributed by atoms with Gasteiger partial charge in [0.25, 0.3) is 0 Å². The Morgan fingerprint density at radius 2 is 1.08 bits per heavy atom. The quantitative estimate of drug-likeness (QED) is 0.0683. The average Bonchev–Trinajstić information content (AvgIpc) is 2.85. The summed E-state index contributed by atoms with van der Waals surface area (Å²) in [7, 11) is 0. The van der Waals surface area contributed by atoms with E-state index < -0.39 is 5.97 Å². The Morgan fingerprint density at radius 3 is 1.69 bits per heavy atom. The van der Waals surface area contributed by atoms with E-state index in [1.54, 1.807) is 0 Å². The highest BCUT2D eigenvalue weighted by atomic mass is 16.5. The maximum absolute atomic E-state index is 12.4. The molecule has 0 aliphatic carbocycles. The molecule has 4 nitrogen and oxygen atoms in total. The second-order valence-electron chi connectivity index (χ2n) is 10.3. The number of hydrogen-bond acceptors (Lipinski definition) is 3. The van der Waals surface area contributed by atoms with Gasteiger partial charge in [-0.05, 0) is 70.6 Å². The third-order valence-electron chi connectivity index (χ3n) is 6.68. The number of carboxylic acids is 1. The average molecular weight is 507 g/mol. The zero-order valence-corrected chi connectivity index (χ0v) is 23.8. The molecule has 0 bridgehead atoms. The normalized spacial score (nSPS) is 12.5. The third-order valence-corrected chi connectivity index (χ3v) is 6.68. The Bertz CT molecular complexity index is 552. The molecule has 210 valence electrons. The number of unbranched alkanes of at least 4 members (excludes halogenated alkanes) is 14. The van der Waals surface area contributed by atoms with E-state index in [-0.39, 0.29) is 18.5 Å². The van der Waals surface area contributed by atoms with Crippen molar-refractivity contribution in [3.05, 3.63) is 24.3 Å². The second kappa shape index (κ2) is 28.0. The van der Waals surface area contributed by atoms with Gasteiger partial charge in [-0.25, -0.2) is 0 Å². The number of esters is 1. The van der Waals surface area contributed by atoms with Gasteiger partial charge in [-0.2, -0.15) is 0 Å². The molecule has 0 fully saturated rings. The van der Waals surface area contributed by atoms with Crippen molar-refractivity contribution in [1.29, 1.82) is 0 Å². The molecule has 1 unspecified atom stereocenters. The molecule has 0 amide bonds. The Hall–Kier alpha value is -1.58. The van der Waals surface area contributed by atoms with Gasteiger partial charge in [0, 0.05) is 12.8 Å². The summed E-state index contributed by atoms with van der Waals surface area (Å²) in [5.74, 6) is -0.752. The summed E-state index contributed by atoms with van der Waals surface area (Å²) in [4.78, 5) is 23.0. The summed E-state index contributed by atoms with van der Waals surface area (Å²) < 4.78 is 5.85. The number of hydrogen-bond donors (Lipinski definition) is 1. The summed E-state index contributed by atoms with van der Waals surface area (Å²) in [6.45, 7) is 4.45. The highest BCUT2D eigenvalue weighted by Gasteiger charge is 2.14. The van der Waals surface area contributed by atoms with Gasteiger partial charge in [0.15, 0.2) is 0 Å². The van der Waals surface area contributed by atoms with Crippen LogP contribution in [0.1, 0.15) is 162 Å². The van der Waals surface area contributed by atoms with E-state index in [1.807, 2.05) is 0 Å². The van der Waals surface area contributed by atoms with E-state index in [1.165, 1.54) is 64.2 Å². The molecule has 4 heteroatoms. The van der Waals surface area contributed by atoms with E-state index in [0.717, 1.165) is 70.6 Å². The number of carboxylic acid groups (broad SMARTS) is 1. The van der Waals surface area contributed by atoms with E-state index in [4.69, 9.17) is 9.84 Å². The van der Waals surface area contributed by atoms with Crippen LogP contribution in [0.2, 0.25) is 0 Å². The largest absolute Gasteiger partial charge is 0.481 e. The van der Waals surface area contributed by atoms with Crippen molar-refractivity contribution in [2.45, 2.75) is 168 Å². The van der Waals surface area contributed by atoms with Crippen LogP contribution in [0.15, 0.2) is 24.3 Å². The fourth-order valence-electron chi connectivity index (χ4n) is 4.39. The van der Waals surface area contributed by atoms with Crippen LogP contribution in [0.3, 0.4) is 0 Å². The van der Waals surface area contributed by atoms with E-state index in [0.29, 0.717) is 6.42 Å². The van der Waals surface area contributed by atoms with Crippen LogP contribution >= 0.6 is 0 Å². The van der Waals surface area contributed by atoms with E-state index in [9.17, 15) is 9.59 Å². The van der Waals surface area contributed by atoms with Crippen LogP contribution in [-0.4, -0.2) is 23.1 Å². The smallest absolute Gasteiger partial charge is 0.306 e. The number of carbonyl (C=O) groups excluding carboxylic acids is 1. The fourth-order valence-corrected chi connectivity index (χ4v) is 4.39. The summed E-state index contributed by atoms with van der Waals surface area (Å²) in [5, 5.41) is 8.74. The molecule has 0 rings (SSSR count). The summed E-state index contributed by atoms with van der Waals surface area (Å²) >= 11 is 0. The summed E-state index contributed by atoms with van der Waals surface area (Å²) in [5.41, 5.74) is 0. The van der Waals surface area contributed by atoms with Gasteiger partial charge in [-0.1, -0.05) is 102 Å². The first-order chi connectivity index (χ1) is 17.6. The molecule has 0 saturated carbocycles. The van der Waals surface area contributed by atoms with Gasteiger partial charge in [-0.3, -0.25) is 9.59 Å². The molecule has 1 N–H and O–H groups in total. The van der Waals surface area contributed by atoms with Crippen LogP contribution in [0, 0.1) is 0 Å². The van der Waals surface area contributed by atoms with Gasteiger partial charge in [-0.15, -0.1) is 0 Å². The van der Waals surface area contributed by atoms with E-state index in [2.05, 4.69) is 38.2 Å². The summed E-state index contributed by atoms with van der Waals surface area (Å²) in [6.07, 6.45) is 33.4. The zero-order valence-electron chi connectivity index (χ0n) is 23.8. The lowest BCUT2D eigenvalue weighted by Gasteiger charge is -2.18. The topological polar surface area (TPSA) is 63.6 Å². The lowest BCUT2D eigenvalue weighted by atomic mass is 10.0. The van der Waals surface area contributed by atoms with Crippen molar-refractivity contribution in [2.75, 3.05) is 0 Å². The molecule has 0 heterocycles. The van der Waals surface area contributed by atoms with E-state index >= 15 is 0 Å². The zero-order chi connectivity index (χ0) is 26.5. The van der Waals surface area contributed by atoms with Gasteiger partial charge in [0.05, 0.1) is 0 Å². The Morgan fingerprint density at radius 1 is 0.611 bits per heavy atom. The maximum Gasteiger partial charge on any atom is 0.306 e. The van der Waals surface area contributed by atoms with Crippen LogP contribution in [0.5, 0.6) is 0 Å². The van der Waals surface area contributed by atoms with Crippen LogP contribution in [0.4, 0.5) is 0 Å². The minimum atomic E-state index is -0.717. The lowest BCUT2D eigenvalue weighted by Crippen LogP contribution is -2.18. The number of allylic oxidation sites excluding steroid dienone is 4. The van der Waals surface area contributed by atoms with Crippen LogP contribution < -0.4 is 0 Å². The standard InChI is InChI=1S/C32H58O4/c1-3-5-7-9-10-11-12-13-14-15-16-17-18-19-25-29-32(35)36-30(26-22-8-6-4-2)27-23-20-21-24-28-31(33)34/h10-11,13-14,30H,3-9,12,15-29H2,1-2H3,(H,33,34)/b11-10-,14-13-. The summed E-state index contributed by atoms with van der Waals surface area (Å²) in [6, 6.07) is 0. The van der Waals surface area contributed by atoms with Gasteiger partial charge in [0.2, 0.25) is 0 Å². The predicted molar refractivity (Wildman–Crippen MR) is 153 cm³/mol. The predicted octanol–water partition coefficient (Wildman–Crippen LogP) is 10.1. The van der Waals surface area contributed by atoms with Crippen molar-refractivity contribution in [3.63, 3.8) is 0 Å². The van der Waals surface area contributed by atoms with Gasteiger partial charge < -0.3 is 9.84 Å². The van der Waals surface area contributed by atoms with Crippen LogP contribution in [-0.2, 0) is 14.3 Å². The lowest BCUT2D eigenvalue weighted by molar-refractivity contribution is -0.150. The molecule has 0 aliphatic rings. The van der Waals surface area contributed by atoms with Crippen molar-refractivity contribution in [3.8, 4) is 0 Å². The molecular weight excluding hydrogens is 448 g/mol. The van der Waals surface area contributed by atoms with Gasteiger partial charge in [0.1, 0.15) is 6.10 Å². The number of carbonyl (C=O) groups is 2. The molecule has 36 heavy (non-hydrogen) atoms. The third kappa shape index (κ3) is 27.0. The second-order valence-corrected chi connectivity index (χ2v) is 10.3. The minimum Gasteiger partial charge on any atom is -0.481 e. The highest BCUT2D eigenvalue weighted by Crippen LogP contribution is 2.17. The monoisotopic (exact) mass is 506 g/mol. The highest BCUT2D eigenvalue weighted by molar-refractivity contribution is 5.69. The van der Waals surface area contributed by atoms with Crippen molar-refractivity contribution in [2.24, 2.45) is 0 Å². The fraction of sp³-hybridized carbons (Fsp3) is 0.812. The molecule has 0 aromatic rings. The number of ether oxygens (including phenoxy) is 1. The molecule has 0 aliphatic heterocycles. The Kier molecular flexibility index (Phi) is 26.8. The molecule has 1 atom stereocenters. The molecule has 0 radical (unpaired) electrons. The first kappa shape index (κ1) is 34.4. The maximum atomic E-state index is 12.4. The molecular formula is C32H58O4. The molecule has 0 saturated heterocycles. The first-order valence-electron chi connectivity index (χ1n) is 15.3. The number of rotatable bonds is 27. The molecule has 0 spiro atoms. The number of aliphatic carboxylic acids is 1. The Balaban J connectivity index is 3.85.